The second kappa shape index (κ2) is 6.68. The highest BCUT2D eigenvalue weighted by Crippen LogP contribution is 2.14. The van der Waals surface area contributed by atoms with Crippen LogP contribution in [-0.4, -0.2) is 31.7 Å². The second-order valence-corrected chi connectivity index (χ2v) is 5.18. The molecule has 1 fully saturated rings. The monoisotopic (exact) mass is 262 g/mol. The minimum atomic E-state index is -0.0801. The number of piperidine rings is 1. The van der Waals surface area contributed by atoms with Gasteiger partial charge in [-0.25, -0.2) is 0 Å². The van der Waals surface area contributed by atoms with Crippen LogP contribution in [0.4, 0.5) is 5.69 Å². The van der Waals surface area contributed by atoms with Crippen LogP contribution in [0.1, 0.15) is 24.0 Å². The van der Waals surface area contributed by atoms with Gasteiger partial charge >= 0.3 is 0 Å². The lowest BCUT2D eigenvalue weighted by Crippen LogP contribution is -2.34. The van der Waals surface area contributed by atoms with Gasteiger partial charge in [0.2, 0.25) is 5.91 Å². The number of carbonyl (C=O) groups is 1. The Labute approximate surface area is 114 Å². The smallest absolute Gasteiger partial charge is 0.250 e. The van der Waals surface area contributed by atoms with E-state index in [9.17, 15) is 4.79 Å². The number of hydrogen-bond donors (Lipinski definition) is 2. The molecule has 0 atom stereocenters. The predicted octanol–water partition coefficient (Wildman–Crippen LogP) is 2.01. The number of aryl methyl sites for hydroxylation is 2. The van der Waals surface area contributed by atoms with Crippen LogP contribution in [0.25, 0.3) is 0 Å². The standard InChI is InChI=1S/C15H22N2O2/c1-11-7-12(2)9-13(8-11)17-15(18)10-19-14-3-5-16-6-4-14/h7-9,14,16H,3-6,10H2,1-2H3,(H,17,18). The Morgan fingerprint density at radius 3 is 2.53 bits per heavy atom. The van der Waals surface area contributed by atoms with Crippen LogP contribution in [0, 0.1) is 13.8 Å². The van der Waals surface area contributed by atoms with E-state index in [1.807, 2.05) is 26.0 Å². The van der Waals surface area contributed by atoms with Gasteiger partial charge in [0.05, 0.1) is 6.10 Å². The molecule has 4 nitrogen and oxygen atoms in total. The zero-order chi connectivity index (χ0) is 13.7. The molecule has 4 heteroatoms. The zero-order valence-electron chi connectivity index (χ0n) is 11.7. The Morgan fingerprint density at radius 2 is 1.89 bits per heavy atom. The molecule has 0 radical (unpaired) electrons. The Balaban J connectivity index is 1.80. The summed E-state index contributed by atoms with van der Waals surface area (Å²) in [5.74, 6) is -0.0801. The van der Waals surface area contributed by atoms with Crippen molar-refractivity contribution in [1.29, 1.82) is 0 Å². The molecule has 0 unspecified atom stereocenters. The quantitative estimate of drug-likeness (QED) is 0.872. The highest BCUT2D eigenvalue weighted by atomic mass is 16.5. The molecular formula is C15H22N2O2. The predicted molar refractivity (Wildman–Crippen MR) is 76.4 cm³/mol. The summed E-state index contributed by atoms with van der Waals surface area (Å²) in [4.78, 5) is 11.8. The van der Waals surface area contributed by atoms with Gasteiger partial charge in [-0.05, 0) is 63.0 Å². The Morgan fingerprint density at radius 1 is 1.26 bits per heavy atom. The van der Waals surface area contributed by atoms with Gasteiger partial charge in [0.15, 0.2) is 0 Å². The molecule has 104 valence electrons. The molecule has 0 aromatic heterocycles. The number of nitrogens with one attached hydrogen (secondary N) is 2. The van der Waals surface area contributed by atoms with E-state index in [1.54, 1.807) is 0 Å². The van der Waals surface area contributed by atoms with Crippen molar-refractivity contribution >= 4 is 11.6 Å². The van der Waals surface area contributed by atoms with E-state index < -0.39 is 0 Å². The van der Waals surface area contributed by atoms with Crippen LogP contribution < -0.4 is 10.6 Å². The molecule has 1 aromatic rings. The van der Waals surface area contributed by atoms with Crippen molar-refractivity contribution in [2.75, 3.05) is 25.0 Å². The Bertz CT molecular complexity index is 420. The summed E-state index contributed by atoms with van der Waals surface area (Å²) >= 11 is 0. The molecule has 2 N–H and O–H groups in total. The van der Waals surface area contributed by atoms with Crippen LogP contribution in [0.3, 0.4) is 0 Å². The van der Waals surface area contributed by atoms with Crippen molar-refractivity contribution in [2.45, 2.75) is 32.8 Å². The average Bonchev–Trinajstić information content (AvgIpc) is 2.36. The van der Waals surface area contributed by atoms with E-state index in [4.69, 9.17) is 4.74 Å². The van der Waals surface area contributed by atoms with E-state index in [1.165, 1.54) is 0 Å². The summed E-state index contributed by atoms with van der Waals surface area (Å²) in [6.07, 6.45) is 2.18. The average molecular weight is 262 g/mol. The molecule has 1 amide bonds. The lowest BCUT2D eigenvalue weighted by Gasteiger charge is -2.22. The van der Waals surface area contributed by atoms with Crippen LogP contribution in [0.15, 0.2) is 18.2 Å². The van der Waals surface area contributed by atoms with E-state index in [0.717, 1.165) is 42.7 Å². The van der Waals surface area contributed by atoms with Crippen molar-refractivity contribution in [3.63, 3.8) is 0 Å². The maximum absolute atomic E-state index is 11.8. The molecule has 1 aliphatic rings. The minimum Gasteiger partial charge on any atom is -0.368 e. The number of hydrogen-bond acceptors (Lipinski definition) is 3. The molecule has 1 aromatic carbocycles. The molecule has 1 saturated heterocycles. The van der Waals surface area contributed by atoms with Crippen molar-refractivity contribution in [1.82, 2.24) is 5.32 Å². The summed E-state index contributed by atoms with van der Waals surface area (Å²) in [5.41, 5.74) is 3.14. The van der Waals surface area contributed by atoms with E-state index in [-0.39, 0.29) is 18.6 Å². The van der Waals surface area contributed by atoms with Crippen molar-refractivity contribution in [3.05, 3.63) is 29.3 Å². The van der Waals surface area contributed by atoms with Crippen molar-refractivity contribution in [3.8, 4) is 0 Å². The summed E-state index contributed by atoms with van der Waals surface area (Å²) in [6, 6.07) is 6.02. The molecule has 0 aliphatic carbocycles. The summed E-state index contributed by atoms with van der Waals surface area (Å²) in [7, 11) is 0. The van der Waals surface area contributed by atoms with Gasteiger partial charge in [0.25, 0.3) is 0 Å². The van der Waals surface area contributed by atoms with Gasteiger partial charge < -0.3 is 15.4 Å². The largest absolute Gasteiger partial charge is 0.368 e. The lowest BCUT2D eigenvalue weighted by atomic mass is 10.1. The molecule has 0 spiro atoms. The maximum atomic E-state index is 11.8. The molecule has 1 heterocycles. The third-order valence-electron chi connectivity index (χ3n) is 3.24. The first-order chi connectivity index (χ1) is 9.13. The van der Waals surface area contributed by atoms with Crippen LogP contribution in [0.2, 0.25) is 0 Å². The first-order valence-corrected chi connectivity index (χ1v) is 6.84. The Kier molecular flexibility index (Phi) is 4.93. The number of carbonyl (C=O) groups excluding carboxylic acids is 1. The summed E-state index contributed by atoms with van der Waals surface area (Å²) < 4.78 is 5.63. The van der Waals surface area contributed by atoms with Crippen molar-refractivity contribution in [2.24, 2.45) is 0 Å². The van der Waals surface area contributed by atoms with Gasteiger partial charge in [-0.3, -0.25) is 4.79 Å². The van der Waals surface area contributed by atoms with Gasteiger partial charge in [0, 0.05) is 5.69 Å². The fourth-order valence-corrected chi connectivity index (χ4v) is 2.40. The number of amides is 1. The SMILES string of the molecule is Cc1cc(C)cc(NC(=O)COC2CCNCC2)c1. The molecule has 19 heavy (non-hydrogen) atoms. The number of rotatable bonds is 4. The van der Waals surface area contributed by atoms with E-state index in [2.05, 4.69) is 16.7 Å². The molecule has 0 saturated carbocycles. The van der Waals surface area contributed by atoms with Crippen LogP contribution in [-0.2, 0) is 9.53 Å². The minimum absolute atomic E-state index is 0.0801. The fourth-order valence-electron chi connectivity index (χ4n) is 2.40. The van der Waals surface area contributed by atoms with Gasteiger partial charge in [-0.1, -0.05) is 6.07 Å². The van der Waals surface area contributed by atoms with Crippen molar-refractivity contribution < 1.29 is 9.53 Å². The molecule has 1 aliphatic heterocycles. The third-order valence-corrected chi connectivity index (χ3v) is 3.24. The number of anilines is 1. The second-order valence-electron chi connectivity index (χ2n) is 5.18. The summed E-state index contributed by atoms with van der Waals surface area (Å²) in [5, 5.41) is 6.16. The lowest BCUT2D eigenvalue weighted by molar-refractivity contribution is -0.123. The molecular weight excluding hydrogens is 240 g/mol. The fraction of sp³-hybridized carbons (Fsp3) is 0.533. The van der Waals surface area contributed by atoms with Gasteiger partial charge in [-0.2, -0.15) is 0 Å². The third kappa shape index (κ3) is 4.65. The van der Waals surface area contributed by atoms with Crippen LogP contribution in [0.5, 0.6) is 0 Å². The Hall–Kier alpha value is -1.39. The summed E-state index contributed by atoms with van der Waals surface area (Å²) in [6.45, 7) is 6.13. The maximum Gasteiger partial charge on any atom is 0.250 e. The normalized spacial score (nSPS) is 16.3. The molecule has 2 rings (SSSR count). The molecule has 0 bridgehead atoms. The highest BCUT2D eigenvalue weighted by molar-refractivity contribution is 5.91. The first kappa shape index (κ1) is 14.0. The van der Waals surface area contributed by atoms with E-state index in [0.29, 0.717) is 0 Å². The first-order valence-electron chi connectivity index (χ1n) is 6.84. The van der Waals surface area contributed by atoms with E-state index >= 15 is 0 Å². The number of benzene rings is 1. The number of ether oxygens (including phenoxy) is 1. The van der Waals surface area contributed by atoms with Gasteiger partial charge in [0.1, 0.15) is 6.61 Å². The van der Waals surface area contributed by atoms with Crippen LogP contribution >= 0.6 is 0 Å². The topological polar surface area (TPSA) is 50.4 Å². The zero-order valence-corrected chi connectivity index (χ0v) is 11.7. The van der Waals surface area contributed by atoms with Gasteiger partial charge in [-0.15, -0.1) is 0 Å². The highest BCUT2D eigenvalue weighted by Gasteiger charge is 2.14.